The highest BCUT2D eigenvalue weighted by Crippen LogP contribution is 2.20. The molecule has 0 saturated heterocycles. The standard InChI is InChI=1S/C24H28N2O3/c1-16(2)11-22(24(28)29-15-18-7-5-4-6-8-18)26-23(27)13-19-14-25-21-12-17(3)9-10-20(19)21/h4-10,12,14,16,22,25H,11,13,15H2,1-3H3,(H,26,27)/t22-/m0/s1. The lowest BCUT2D eigenvalue weighted by atomic mass is 10.0. The molecule has 1 heterocycles. The molecule has 0 bridgehead atoms. The molecule has 0 saturated carbocycles. The Morgan fingerprint density at radius 1 is 1.10 bits per heavy atom. The van der Waals surface area contributed by atoms with E-state index in [-0.39, 0.29) is 24.9 Å². The first-order valence-electron chi connectivity index (χ1n) is 9.99. The van der Waals surface area contributed by atoms with Gasteiger partial charge in [-0.25, -0.2) is 4.79 Å². The molecule has 3 rings (SSSR count). The SMILES string of the molecule is Cc1ccc2c(CC(=O)N[C@@H](CC(C)C)C(=O)OCc3ccccc3)c[nH]c2c1. The molecule has 5 nitrogen and oxygen atoms in total. The second-order valence-electron chi connectivity index (χ2n) is 7.88. The number of aryl methyl sites for hydroxylation is 1. The number of benzene rings is 2. The summed E-state index contributed by atoms with van der Waals surface area (Å²) in [6, 6.07) is 15.0. The molecule has 0 aliphatic rings. The lowest BCUT2D eigenvalue weighted by molar-refractivity contribution is -0.149. The minimum atomic E-state index is -0.654. The van der Waals surface area contributed by atoms with Crippen molar-refractivity contribution < 1.29 is 14.3 Å². The van der Waals surface area contributed by atoms with Crippen LogP contribution in [0.5, 0.6) is 0 Å². The van der Waals surface area contributed by atoms with Crippen molar-refractivity contribution in [1.29, 1.82) is 0 Å². The molecule has 5 heteroatoms. The normalized spacial score (nSPS) is 12.1. The number of fused-ring (bicyclic) bond motifs is 1. The van der Waals surface area contributed by atoms with Gasteiger partial charge in [-0.15, -0.1) is 0 Å². The molecule has 1 amide bonds. The highest BCUT2D eigenvalue weighted by Gasteiger charge is 2.24. The van der Waals surface area contributed by atoms with Crippen molar-refractivity contribution in [3.63, 3.8) is 0 Å². The van der Waals surface area contributed by atoms with Crippen LogP contribution in [0, 0.1) is 12.8 Å². The van der Waals surface area contributed by atoms with E-state index >= 15 is 0 Å². The van der Waals surface area contributed by atoms with Crippen LogP contribution in [0.1, 0.15) is 37.0 Å². The fraction of sp³-hybridized carbons (Fsp3) is 0.333. The van der Waals surface area contributed by atoms with E-state index < -0.39 is 12.0 Å². The Bertz CT molecular complexity index is 976. The van der Waals surface area contributed by atoms with Crippen molar-refractivity contribution in [3.05, 3.63) is 71.4 Å². The lowest BCUT2D eigenvalue weighted by Gasteiger charge is -2.19. The van der Waals surface area contributed by atoms with Crippen molar-refractivity contribution in [3.8, 4) is 0 Å². The van der Waals surface area contributed by atoms with E-state index in [0.29, 0.717) is 6.42 Å². The van der Waals surface area contributed by atoms with Gasteiger partial charge in [0.05, 0.1) is 6.42 Å². The molecule has 0 unspecified atom stereocenters. The third-order valence-corrected chi connectivity index (χ3v) is 4.82. The molecule has 29 heavy (non-hydrogen) atoms. The van der Waals surface area contributed by atoms with E-state index in [0.717, 1.165) is 27.6 Å². The fourth-order valence-corrected chi connectivity index (χ4v) is 3.38. The van der Waals surface area contributed by atoms with Crippen LogP contribution in [0.4, 0.5) is 0 Å². The lowest BCUT2D eigenvalue weighted by Crippen LogP contribution is -2.43. The maximum absolute atomic E-state index is 12.7. The van der Waals surface area contributed by atoms with Crippen LogP contribution in [0.3, 0.4) is 0 Å². The first-order valence-corrected chi connectivity index (χ1v) is 9.99. The summed E-state index contributed by atoms with van der Waals surface area (Å²) in [4.78, 5) is 28.5. The number of amides is 1. The van der Waals surface area contributed by atoms with E-state index in [4.69, 9.17) is 4.74 Å². The first-order chi connectivity index (χ1) is 13.9. The highest BCUT2D eigenvalue weighted by molar-refractivity contribution is 5.91. The number of ether oxygens (including phenoxy) is 1. The number of hydrogen-bond acceptors (Lipinski definition) is 3. The topological polar surface area (TPSA) is 71.2 Å². The Morgan fingerprint density at radius 2 is 1.86 bits per heavy atom. The second-order valence-corrected chi connectivity index (χ2v) is 7.88. The first kappa shape index (κ1) is 20.6. The number of aromatic nitrogens is 1. The zero-order chi connectivity index (χ0) is 20.8. The van der Waals surface area contributed by atoms with Gasteiger partial charge in [0, 0.05) is 17.1 Å². The van der Waals surface area contributed by atoms with Gasteiger partial charge in [0.25, 0.3) is 0 Å². The maximum Gasteiger partial charge on any atom is 0.328 e. The van der Waals surface area contributed by atoms with Gasteiger partial charge in [0.1, 0.15) is 12.6 Å². The van der Waals surface area contributed by atoms with Gasteiger partial charge in [-0.1, -0.05) is 56.3 Å². The van der Waals surface area contributed by atoms with Crippen molar-refractivity contribution in [2.75, 3.05) is 0 Å². The summed E-state index contributed by atoms with van der Waals surface area (Å²) in [5.41, 5.74) is 4.00. The van der Waals surface area contributed by atoms with E-state index in [2.05, 4.69) is 16.4 Å². The zero-order valence-electron chi connectivity index (χ0n) is 17.2. The van der Waals surface area contributed by atoms with Gasteiger partial charge >= 0.3 is 5.97 Å². The van der Waals surface area contributed by atoms with Crippen LogP contribution in [0.15, 0.2) is 54.7 Å². The van der Waals surface area contributed by atoms with Crippen LogP contribution in [0.2, 0.25) is 0 Å². The van der Waals surface area contributed by atoms with Crippen molar-refractivity contribution in [2.24, 2.45) is 5.92 Å². The number of rotatable bonds is 8. The van der Waals surface area contributed by atoms with Crippen LogP contribution in [0.25, 0.3) is 10.9 Å². The summed E-state index contributed by atoms with van der Waals surface area (Å²) in [5.74, 6) is -0.333. The Kier molecular flexibility index (Phi) is 6.70. The number of H-pyrrole nitrogens is 1. The quantitative estimate of drug-likeness (QED) is 0.562. The summed E-state index contributed by atoms with van der Waals surface area (Å²) < 4.78 is 5.45. The number of aromatic amines is 1. The Labute approximate surface area is 171 Å². The zero-order valence-corrected chi connectivity index (χ0v) is 17.2. The van der Waals surface area contributed by atoms with Gasteiger partial charge in [-0.2, -0.15) is 0 Å². The molecule has 0 aliphatic carbocycles. The molecule has 0 fully saturated rings. The third-order valence-electron chi connectivity index (χ3n) is 4.82. The Hall–Kier alpha value is -3.08. The smallest absolute Gasteiger partial charge is 0.328 e. The summed E-state index contributed by atoms with van der Waals surface area (Å²) in [7, 11) is 0. The summed E-state index contributed by atoms with van der Waals surface area (Å²) in [6.45, 7) is 6.27. The fourth-order valence-electron chi connectivity index (χ4n) is 3.38. The highest BCUT2D eigenvalue weighted by atomic mass is 16.5. The largest absolute Gasteiger partial charge is 0.459 e. The number of carbonyl (C=O) groups is 2. The predicted octanol–water partition coefficient (Wildman–Crippen LogP) is 4.29. The van der Waals surface area contributed by atoms with Crippen molar-refractivity contribution in [2.45, 2.75) is 46.3 Å². The molecular formula is C24H28N2O3. The monoisotopic (exact) mass is 392 g/mol. The predicted molar refractivity (Wildman–Crippen MR) is 114 cm³/mol. The minimum Gasteiger partial charge on any atom is -0.459 e. The average molecular weight is 392 g/mol. The molecule has 3 aromatic rings. The molecule has 2 N–H and O–H groups in total. The van der Waals surface area contributed by atoms with Gasteiger partial charge in [-0.3, -0.25) is 4.79 Å². The second kappa shape index (κ2) is 9.41. The molecule has 2 aromatic carbocycles. The van der Waals surface area contributed by atoms with Crippen LogP contribution in [-0.2, 0) is 27.4 Å². The van der Waals surface area contributed by atoms with E-state index in [1.807, 2.05) is 69.4 Å². The van der Waals surface area contributed by atoms with Crippen LogP contribution >= 0.6 is 0 Å². The molecule has 0 radical (unpaired) electrons. The molecular weight excluding hydrogens is 364 g/mol. The molecule has 1 atom stereocenters. The van der Waals surface area contributed by atoms with Gasteiger partial charge in [0.15, 0.2) is 0 Å². The van der Waals surface area contributed by atoms with Crippen molar-refractivity contribution >= 4 is 22.8 Å². The number of hydrogen-bond donors (Lipinski definition) is 2. The van der Waals surface area contributed by atoms with E-state index in [1.165, 1.54) is 0 Å². The third kappa shape index (κ3) is 5.70. The maximum atomic E-state index is 12.7. The number of carbonyl (C=O) groups excluding carboxylic acids is 2. The number of esters is 1. The summed E-state index contributed by atoms with van der Waals surface area (Å²) >= 11 is 0. The molecule has 0 aliphatic heterocycles. The van der Waals surface area contributed by atoms with Crippen molar-refractivity contribution in [1.82, 2.24) is 10.3 Å². The minimum absolute atomic E-state index is 0.186. The Morgan fingerprint density at radius 3 is 2.59 bits per heavy atom. The van der Waals surface area contributed by atoms with Gasteiger partial charge in [0.2, 0.25) is 5.91 Å². The van der Waals surface area contributed by atoms with Crippen LogP contribution < -0.4 is 5.32 Å². The number of nitrogens with one attached hydrogen (secondary N) is 2. The Balaban J connectivity index is 1.63. The summed E-state index contributed by atoms with van der Waals surface area (Å²) in [5, 5.41) is 3.90. The summed E-state index contributed by atoms with van der Waals surface area (Å²) in [6.07, 6.45) is 2.60. The van der Waals surface area contributed by atoms with Gasteiger partial charge in [-0.05, 0) is 42.0 Å². The van der Waals surface area contributed by atoms with Crippen LogP contribution in [-0.4, -0.2) is 22.9 Å². The molecule has 1 aromatic heterocycles. The molecule has 152 valence electrons. The average Bonchev–Trinajstić information content (AvgIpc) is 3.07. The van der Waals surface area contributed by atoms with Gasteiger partial charge < -0.3 is 15.0 Å². The molecule has 0 spiro atoms. The van der Waals surface area contributed by atoms with E-state index in [1.54, 1.807) is 0 Å². The van der Waals surface area contributed by atoms with E-state index in [9.17, 15) is 9.59 Å².